The minimum absolute atomic E-state index is 0.275. The Hall–Kier alpha value is -3.13. The van der Waals surface area contributed by atoms with E-state index >= 15 is 0 Å². The van der Waals surface area contributed by atoms with E-state index in [0.717, 1.165) is 36.0 Å². The van der Waals surface area contributed by atoms with Crippen molar-refractivity contribution in [2.75, 3.05) is 18.4 Å². The number of rotatable bonds is 8. The molecule has 2 aromatic heterocycles. The first-order chi connectivity index (χ1) is 14.1. The van der Waals surface area contributed by atoms with Crippen LogP contribution in [0.1, 0.15) is 32.9 Å². The second kappa shape index (κ2) is 10.4. The number of anilines is 1. The van der Waals surface area contributed by atoms with Gasteiger partial charge in [-0.3, -0.25) is 4.79 Å². The molecule has 0 spiro atoms. The van der Waals surface area contributed by atoms with Crippen LogP contribution in [0, 0.1) is 6.92 Å². The number of aromatic nitrogens is 1. The number of guanidine groups is 1. The summed E-state index contributed by atoms with van der Waals surface area (Å²) >= 11 is 1.72. The molecule has 0 aliphatic rings. The molecule has 0 unspecified atom stereocenters. The zero-order chi connectivity index (χ0) is 20.5. The number of hydrogen-bond donors (Lipinski definition) is 3. The zero-order valence-electron chi connectivity index (χ0n) is 16.6. The third kappa shape index (κ3) is 6.46. The fraction of sp³-hybridized carbons (Fsp3) is 0.286. The van der Waals surface area contributed by atoms with Crippen molar-refractivity contribution in [3.05, 3.63) is 70.1 Å². The largest absolute Gasteiger partial charge is 0.459 e. The highest BCUT2D eigenvalue weighted by molar-refractivity contribution is 7.11. The van der Waals surface area contributed by atoms with Gasteiger partial charge in [0.2, 0.25) is 0 Å². The van der Waals surface area contributed by atoms with Gasteiger partial charge in [0.15, 0.2) is 11.7 Å². The van der Waals surface area contributed by atoms with E-state index in [0.29, 0.717) is 12.2 Å². The summed E-state index contributed by atoms with van der Waals surface area (Å²) in [4.78, 5) is 22.4. The van der Waals surface area contributed by atoms with Crippen molar-refractivity contribution < 1.29 is 9.21 Å². The van der Waals surface area contributed by atoms with E-state index in [1.54, 1.807) is 23.5 Å². The topological polar surface area (TPSA) is 91.5 Å². The van der Waals surface area contributed by atoms with E-state index in [4.69, 9.17) is 4.42 Å². The molecule has 0 saturated heterocycles. The first-order valence-electron chi connectivity index (χ1n) is 9.51. The van der Waals surface area contributed by atoms with Crippen LogP contribution in [0.15, 0.2) is 58.3 Å². The van der Waals surface area contributed by atoms with E-state index in [1.807, 2.05) is 37.4 Å². The lowest BCUT2D eigenvalue weighted by atomic mass is 10.2. The predicted molar refractivity (Wildman–Crippen MR) is 116 cm³/mol. The Balaban J connectivity index is 1.56. The Labute approximate surface area is 174 Å². The van der Waals surface area contributed by atoms with E-state index in [1.165, 1.54) is 11.1 Å². The minimum Gasteiger partial charge on any atom is -0.459 e. The van der Waals surface area contributed by atoms with Gasteiger partial charge in [-0.05, 0) is 43.7 Å². The summed E-state index contributed by atoms with van der Waals surface area (Å²) in [6, 6.07) is 10.9. The van der Waals surface area contributed by atoms with E-state index in [-0.39, 0.29) is 11.7 Å². The molecule has 0 aliphatic heterocycles. The molecule has 3 aromatic rings. The number of aryl methyl sites for hydroxylation is 1. The first-order valence-corrected chi connectivity index (χ1v) is 10.3. The van der Waals surface area contributed by atoms with E-state index in [2.05, 4.69) is 32.9 Å². The van der Waals surface area contributed by atoms with Gasteiger partial charge in [0.05, 0.1) is 17.8 Å². The van der Waals surface area contributed by atoms with Crippen molar-refractivity contribution in [3.8, 4) is 0 Å². The van der Waals surface area contributed by atoms with Crippen molar-refractivity contribution >= 4 is 28.9 Å². The van der Waals surface area contributed by atoms with E-state index < -0.39 is 0 Å². The summed E-state index contributed by atoms with van der Waals surface area (Å²) in [5, 5.41) is 10.5. The number of nitrogens with zero attached hydrogens (tertiary/aromatic N) is 2. The molecule has 0 radical (unpaired) electrons. The third-order valence-corrected chi connectivity index (χ3v) is 4.97. The SMILES string of the molecule is CCNC(=NCc1cccc(NC(=O)c2ccco2)c1)NCCc1ncc(C)s1. The molecule has 0 bridgehead atoms. The van der Waals surface area contributed by atoms with Gasteiger partial charge in [0, 0.05) is 36.3 Å². The molecular weight excluding hydrogens is 386 g/mol. The summed E-state index contributed by atoms with van der Waals surface area (Å²) < 4.78 is 5.12. The summed E-state index contributed by atoms with van der Waals surface area (Å²) in [6.07, 6.45) is 4.24. The van der Waals surface area contributed by atoms with Gasteiger partial charge in [-0.2, -0.15) is 0 Å². The van der Waals surface area contributed by atoms with Gasteiger partial charge in [-0.25, -0.2) is 9.98 Å². The maximum absolute atomic E-state index is 12.1. The zero-order valence-corrected chi connectivity index (χ0v) is 17.4. The molecule has 0 fully saturated rings. The molecule has 1 aromatic carbocycles. The lowest BCUT2D eigenvalue weighted by molar-refractivity contribution is 0.0996. The average Bonchev–Trinajstić information content (AvgIpc) is 3.38. The number of furan rings is 1. The molecule has 0 atom stereocenters. The second-order valence-corrected chi connectivity index (χ2v) is 7.69. The molecule has 8 heteroatoms. The average molecular weight is 412 g/mol. The van der Waals surface area contributed by atoms with Crippen LogP contribution in [0.5, 0.6) is 0 Å². The Morgan fingerprint density at radius 2 is 2.14 bits per heavy atom. The number of carbonyl (C=O) groups excluding carboxylic acids is 1. The highest BCUT2D eigenvalue weighted by atomic mass is 32.1. The van der Waals surface area contributed by atoms with Gasteiger partial charge in [-0.1, -0.05) is 12.1 Å². The number of benzene rings is 1. The Kier molecular flexibility index (Phi) is 7.40. The minimum atomic E-state index is -0.275. The van der Waals surface area contributed by atoms with Crippen molar-refractivity contribution in [1.29, 1.82) is 0 Å². The van der Waals surface area contributed by atoms with Crippen molar-refractivity contribution in [2.24, 2.45) is 4.99 Å². The molecule has 1 amide bonds. The summed E-state index contributed by atoms with van der Waals surface area (Å²) in [6.45, 7) is 6.13. The number of nitrogens with one attached hydrogen (secondary N) is 3. The van der Waals surface area contributed by atoms with Crippen LogP contribution in [0.3, 0.4) is 0 Å². The summed E-state index contributed by atoms with van der Waals surface area (Å²) in [5.74, 6) is 0.761. The lowest BCUT2D eigenvalue weighted by Crippen LogP contribution is -2.38. The molecule has 0 saturated carbocycles. The van der Waals surface area contributed by atoms with Crippen molar-refractivity contribution in [1.82, 2.24) is 15.6 Å². The number of amides is 1. The summed E-state index contributed by atoms with van der Waals surface area (Å²) in [7, 11) is 0. The normalized spacial score (nSPS) is 11.3. The van der Waals surface area contributed by atoms with Gasteiger partial charge in [-0.15, -0.1) is 11.3 Å². The highest BCUT2D eigenvalue weighted by Crippen LogP contribution is 2.14. The Morgan fingerprint density at radius 1 is 1.24 bits per heavy atom. The summed E-state index contributed by atoms with van der Waals surface area (Å²) in [5.41, 5.74) is 1.70. The highest BCUT2D eigenvalue weighted by Gasteiger charge is 2.09. The molecule has 152 valence electrons. The molecular formula is C21H25N5O2S. The quantitative estimate of drug-likeness (QED) is 0.389. The van der Waals surface area contributed by atoms with Crippen molar-refractivity contribution in [3.63, 3.8) is 0 Å². The van der Waals surface area contributed by atoms with Crippen LogP contribution in [0.4, 0.5) is 5.69 Å². The van der Waals surface area contributed by atoms with E-state index in [9.17, 15) is 4.79 Å². The fourth-order valence-electron chi connectivity index (χ4n) is 2.66. The van der Waals surface area contributed by atoms with Crippen LogP contribution >= 0.6 is 11.3 Å². The first kappa shape index (κ1) is 20.6. The van der Waals surface area contributed by atoms with Gasteiger partial charge >= 0.3 is 0 Å². The smallest absolute Gasteiger partial charge is 0.291 e. The number of carbonyl (C=O) groups is 1. The van der Waals surface area contributed by atoms with Crippen LogP contribution < -0.4 is 16.0 Å². The second-order valence-electron chi connectivity index (χ2n) is 6.37. The third-order valence-electron chi connectivity index (χ3n) is 3.99. The maximum Gasteiger partial charge on any atom is 0.291 e. The molecule has 7 nitrogen and oxygen atoms in total. The number of hydrogen-bond acceptors (Lipinski definition) is 5. The van der Waals surface area contributed by atoms with Crippen LogP contribution in [-0.4, -0.2) is 29.9 Å². The van der Waals surface area contributed by atoms with Crippen LogP contribution in [-0.2, 0) is 13.0 Å². The molecule has 2 heterocycles. The Morgan fingerprint density at radius 3 is 2.86 bits per heavy atom. The molecule has 29 heavy (non-hydrogen) atoms. The van der Waals surface area contributed by atoms with Gasteiger partial charge < -0.3 is 20.4 Å². The monoisotopic (exact) mass is 411 g/mol. The number of aliphatic imine (C=N–C) groups is 1. The standard InChI is InChI=1S/C21H25N5O2S/c1-3-22-21(23-10-9-19-24-13-15(2)29-19)25-14-16-6-4-7-17(12-16)26-20(27)18-8-5-11-28-18/h4-8,11-13H,3,9-10,14H2,1-2H3,(H,26,27)(H2,22,23,25). The molecule has 0 aliphatic carbocycles. The predicted octanol–water partition coefficient (Wildman–Crippen LogP) is 3.59. The fourth-order valence-corrected chi connectivity index (χ4v) is 3.45. The molecule has 3 N–H and O–H groups in total. The number of thiazole rings is 1. The van der Waals surface area contributed by atoms with Crippen LogP contribution in [0.25, 0.3) is 0 Å². The van der Waals surface area contributed by atoms with Gasteiger partial charge in [0.1, 0.15) is 0 Å². The molecule has 3 rings (SSSR count). The Bertz CT molecular complexity index is 950. The van der Waals surface area contributed by atoms with Gasteiger partial charge in [0.25, 0.3) is 5.91 Å². The van der Waals surface area contributed by atoms with Crippen LogP contribution in [0.2, 0.25) is 0 Å². The maximum atomic E-state index is 12.1. The lowest BCUT2D eigenvalue weighted by Gasteiger charge is -2.11. The van der Waals surface area contributed by atoms with Crippen molar-refractivity contribution in [2.45, 2.75) is 26.8 Å².